The van der Waals surface area contributed by atoms with Crippen LogP contribution in [0.25, 0.3) is 10.4 Å². The van der Waals surface area contributed by atoms with Crippen LogP contribution in [0, 0.1) is 0 Å². The standard InChI is InChI=1S/C15H27N3O3Si/c1-14(2,3)22(15(4,5)6)19-10-12-11(21-22)8-7-9-13(20-12)17-18-16/h7-8,11-13H,9-10H2,1-6H3/t11-,12-,13+/m1/s1. The quantitative estimate of drug-likeness (QED) is 0.235. The second kappa shape index (κ2) is 5.98. The zero-order valence-electron chi connectivity index (χ0n) is 14.4. The molecule has 124 valence electrons. The largest absolute Gasteiger partial charge is 0.391 e. The molecule has 7 heteroatoms. The number of ether oxygens (including phenoxy) is 1. The molecule has 1 saturated heterocycles. The number of hydrogen-bond donors (Lipinski definition) is 0. The molecule has 22 heavy (non-hydrogen) atoms. The van der Waals surface area contributed by atoms with Crippen LogP contribution in [0.4, 0.5) is 0 Å². The van der Waals surface area contributed by atoms with E-state index in [9.17, 15) is 0 Å². The Morgan fingerprint density at radius 2 is 1.82 bits per heavy atom. The molecule has 0 aromatic rings. The van der Waals surface area contributed by atoms with E-state index < -0.39 is 14.8 Å². The molecule has 1 fully saturated rings. The molecule has 0 aromatic heterocycles. The Hall–Kier alpha value is -0.853. The topological polar surface area (TPSA) is 76.5 Å². The molecular weight excluding hydrogens is 298 g/mol. The molecule has 0 aromatic carbocycles. The van der Waals surface area contributed by atoms with Gasteiger partial charge in [0.1, 0.15) is 12.3 Å². The van der Waals surface area contributed by atoms with E-state index in [2.05, 4.69) is 51.6 Å². The maximum Gasteiger partial charge on any atom is 0.349 e. The van der Waals surface area contributed by atoms with Crippen LogP contribution in [-0.2, 0) is 13.6 Å². The monoisotopic (exact) mass is 325 g/mol. The Labute approximate surface area is 133 Å². The Bertz CT molecular complexity index is 475. The molecule has 2 aliphatic rings. The highest BCUT2D eigenvalue weighted by atomic mass is 28.4. The lowest BCUT2D eigenvalue weighted by atomic mass is 10.2. The average molecular weight is 325 g/mol. The summed E-state index contributed by atoms with van der Waals surface area (Å²) in [6, 6.07) is 0. The van der Waals surface area contributed by atoms with Crippen molar-refractivity contribution in [2.45, 2.75) is 76.5 Å². The molecule has 0 radical (unpaired) electrons. The molecule has 2 heterocycles. The van der Waals surface area contributed by atoms with Crippen molar-refractivity contribution in [1.29, 1.82) is 0 Å². The highest BCUT2D eigenvalue weighted by molar-refractivity contribution is 6.73. The summed E-state index contributed by atoms with van der Waals surface area (Å²) >= 11 is 0. The smallest absolute Gasteiger partial charge is 0.349 e. The van der Waals surface area contributed by atoms with Gasteiger partial charge in [0, 0.05) is 15.0 Å². The van der Waals surface area contributed by atoms with Gasteiger partial charge in [0.15, 0.2) is 0 Å². The molecule has 0 spiro atoms. The minimum absolute atomic E-state index is 0.0550. The Balaban J connectivity index is 2.28. The predicted molar refractivity (Wildman–Crippen MR) is 87.6 cm³/mol. The fourth-order valence-electron chi connectivity index (χ4n) is 3.51. The van der Waals surface area contributed by atoms with Crippen molar-refractivity contribution in [3.63, 3.8) is 0 Å². The van der Waals surface area contributed by atoms with E-state index >= 15 is 0 Å². The first kappa shape index (κ1) is 17.5. The molecule has 6 nitrogen and oxygen atoms in total. The van der Waals surface area contributed by atoms with Gasteiger partial charge in [0.05, 0.1) is 12.7 Å². The van der Waals surface area contributed by atoms with Gasteiger partial charge in [0.25, 0.3) is 0 Å². The van der Waals surface area contributed by atoms with Gasteiger partial charge in [-0.1, -0.05) is 58.8 Å². The maximum absolute atomic E-state index is 8.60. The Morgan fingerprint density at radius 1 is 1.18 bits per heavy atom. The molecule has 0 saturated carbocycles. The van der Waals surface area contributed by atoms with Crippen molar-refractivity contribution in [3.8, 4) is 0 Å². The van der Waals surface area contributed by atoms with E-state index in [1.165, 1.54) is 0 Å². The van der Waals surface area contributed by atoms with Crippen molar-refractivity contribution in [1.82, 2.24) is 0 Å². The fraction of sp³-hybridized carbons (Fsp3) is 0.867. The summed E-state index contributed by atoms with van der Waals surface area (Å²) in [6.45, 7) is 13.6. The van der Waals surface area contributed by atoms with Gasteiger partial charge in [-0.3, -0.25) is 0 Å². The molecule has 3 atom stereocenters. The number of nitrogens with zero attached hydrogens (tertiary/aromatic N) is 3. The second-order valence-corrected chi connectivity index (χ2v) is 12.8. The second-order valence-electron chi connectivity index (χ2n) is 8.01. The normalized spacial score (nSPS) is 31.8. The van der Waals surface area contributed by atoms with Crippen molar-refractivity contribution in [2.75, 3.05) is 6.61 Å². The zero-order chi connectivity index (χ0) is 16.6. The number of hydrogen-bond acceptors (Lipinski definition) is 4. The number of rotatable bonds is 1. The summed E-state index contributed by atoms with van der Waals surface area (Å²) in [5, 5.41) is 3.57. The van der Waals surface area contributed by atoms with Crippen LogP contribution in [0.3, 0.4) is 0 Å². The first-order chi connectivity index (χ1) is 10.1. The van der Waals surface area contributed by atoms with Crippen molar-refractivity contribution in [2.24, 2.45) is 5.11 Å². The van der Waals surface area contributed by atoms with Gasteiger partial charge < -0.3 is 13.6 Å². The van der Waals surface area contributed by atoms with Gasteiger partial charge >= 0.3 is 8.56 Å². The van der Waals surface area contributed by atoms with Crippen LogP contribution in [0.2, 0.25) is 10.1 Å². The molecule has 0 aliphatic carbocycles. The SMILES string of the molecule is CC(C)(C)[Si]1(C(C)(C)C)OC[C@H]2O[C@H](N=[N+]=[N-])CC=C[C@H]2O1. The van der Waals surface area contributed by atoms with Crippen LogP contribution in [0.5, 0.6) is 0 Å². The third kappa shape index (κ3) is 3.09. The van der Waals surface area contributed by atoms with Crippen LogP contribution in [0.1, 0.15) is 48.0 Å². The van der Waals surface area contributed by atoms with E-state index in [0.717, 1.165) is 0 Å². The number of azide groups is 1. The lowest BCUT2D eigenvalue weighted by Crippen LogP contribution is -2.64. The fourth-order valence-corrected chi connectivity index (χ4v) is 8.41. The highest BCUT2D eigenvalue weighted by Gasteiger charge is 2.61. The zero-order valence-corrected chi connectivity index (χ0v) is 15.4. The highest BCUT2D eigenvalue weighted by Crippen LogP contribution is 2.54. The molecule has 2 rings (SSSR count). The van der Waals surface area contributed by atoms with Gasteiger partial charge in [-0.05, 0) is 12.0 Å². The van der Waals surface area contributed by atoms with Crippen LogP contribution in [-0.4, -0.2) is 33.6 Å². The molecule has 0 N–H and O–H groups in total. The molecular formula is C15H27N3O3Si. The van der Waals surface area contributed by atoms with E-state index in [1.54, 1.807) is 0 Å². The number of fused-ring (bicyclic) bond motifs is 1. The summed E-state index contributed by atoms with van der Waals surface area (Å²) < 4.78 is 18.8. The molecule has 0 bridgehead atoms. The maximum atomic E-state index is 8.60. The van der Waals surface area contributed by atoms with Crippen molar-refractivity contribution >= 4 is 8.56 Å². The van der Waals surface area contributed by atoms with E-state index in [4.69, 9.17) is 19.1 Å². The summed E-state index contributed by atoms with van der Waals surface area (Å²) in [5.41, 5.74) is 8.60. The van der Waals surface area contributed by atoms with Crippen molar-refractivity contribution in [3.05, 3.63) is 22.6 Å². The Kier molecular flexibility index (Phi) is 4.76. The van der Waals surface area contributed by atoms with Crippen LogP contribution < -0.4 is 0 Å². The van der Waals surface area contributed by atoms with Crippen LogP contribution >= 0.6 is 0 Å². The lowest BCUT2D eigenvalue weighted by Gasteiger charge is -2.54. The first-order valence-corrected chi connectivity index (χ1v) is 9.60. The summed E-state index contributed by atoms with van der Waals surface area (Å²) in [5.74, 6) is 0. The summed E-state index contributed by atoms with van der Waals surface area (Å²) in [4.78, 5) is 2.84. The third-order valence-corrected chi connectivity index (χ3v) is 9.40. The van der Waals surface area contributed by atoms with Gasteiger partial charge in [-0.25, -0.2) is 0 Å². The van der Waals surface area contributed by atoms with Gasteiger partial charge in [-0.2, -0.15) is 0 Å². The van der Waals surface area contributed by atoms with E-state index in [1.807, 2.05) is 12.2 Å². The average Bonchev–Trinajstić information content (AvgIpc) is 2.57. The predicted octanol–water partition coefficient (Wildman–Crippen LogP) is 4.43. The molecule has 0 unspecified atom stereocenters. The van der Waals surface area contributed by atoms with Gasteiger partial charge in [-0.15, -0.1) is 0 Å². The van der Waals surface area contributed by atoms with Crippen LogP contribution in [0.15, 0.2) is 17.3 Å². The lowest BCUT2D eigenvalue weighted by molar-refractivity contribution is -0.111. The minimum Gasteiger partial charge on any atom is -0.391 e. The Morgan fingerprint density at radius 3 is 2.36 bits per heavy atom. The summed E-state index contributed by atoms with van der Waals surface area (Å²) in [6.07, 6.45) is 3.75. The molecule has 2 aliphatic heterocycles. The van der Waals surface area contributed by atoms with Crippen molar-refractivity contribution < 1.29 is 13.6 Å². The first-order valence-electron chi connectivity index (χ1n) is 7.79. The third-order valence-electron chi connectivity index (χ3n) is 4.27. The molecule has 0 amide bonds. The van der Waals surface area contributed by atoms with E-state index in [0.29, 0.717) is 13.0 Å². The van der Waals surface area contributed by atoms with E-state index in [-0.39, 0.29) is 22.3 Å². The van der Waals surface area contributed by atoms with Gasteiger partial charge in [0.2, 0.25) is 0 Å². The summed E-state index contributed by atoms with van der Waals surface area (Å²) in [7, 11) is -2.49. The minimum atomic E-state index is -2.49.